The van der Waals surface area contributed by atoms with E-state index in [0.717, 1.165) is 23.4 Å². The van der Waals surface area contributed by atoms with Crippen LogP contribution in [-0.2, 0) is 6.42 Å². The molecule has 0 unspecified atom stereocenters. The average molecular weight is 272 g/mol. The molecule has 0 amide bonds. The predicted molar refractivity (Wildman–Crippen MR) is 77.5 cm³/mol. The van der Waals surface area contributed by atoms with Gasteiger partial charge in [-0.05, 0) is 43.5 Å². The number of hydrogen-bond donors (Lipinski definition) is 2. The van der Waals surface area contributed by atoms with E-state index in [2.05, 4.69) is 16.9 Å². The number of nitrogens with one attached hydrogen (secondary N) is 2. The van der Waals surface area contributed by atoms with Gasteiger partial charge in [0.15, 0.2) is 4.77 Å². The number of rotatable bonds is 7. The van der Waals surface area contributed by atoms with E-state index in [9.17, 15) is 4.79 Å². The topological polar surface area (TPSA) is 48.6 Å². The van der Waals surface area contributed by atoms with E-state index >= 15 is 0 Å². The van der Waals surface area contributed by atoms with Crippen LogP contribution in [0, 0.1) is 11.7 Å². The zero-order valence-electron chi connectivity index (χ0n) is 10.5. The first kappa shape index (κ1) is 14.5. The molecule has 0 aliphatic heterocycles. The van der Waals surface area contributed by atoms with E-state index in [1.807, 2.05) is 18.7 Å². The van der Waals surface area contributed by atoms with Gasteiger partial charge in [-0.15, -0.1) is 0 Å². The lowest BCUT2D eigenvalue weighted by molar-refractivity contribution is 0.778. The Morgan fingerprint density at radius 1 is 1.24 bits per heavy atom. The van der Waals surface area contributed by atoms with Crippen LogP contribution >= 0.6 is 24.0 Å². The first-order valence-electron chi connectivity index (χ1n) is 6.05. The van der Waals surface area contributed by atoms with E-state index in [-0.39, 0.29) is 5.56 Å². The van der Waals surface area contributed by atoms with Crippen molar-refractivity contribution in [1.82, 2.24) is 9.97 Å². The van der Waals surface area contributed by atoms with Crippen LogP contribution in [0.25, 0.3) is 0 Å². The van der Waals surface area contributed by atoms with Gasteiger partial charge >= 0.3 is 0 Å². The minimum Gasteiger partial charge on any atom is -0.336 e. The van der Waals surface area contributed by atoms with Crippen LogP contribution in [-0.4, -0.2) is 21.5 Å². The molecule has 0 aromatic carbocycles. The fourth-order valence-electron chi connectivity index (χ4n) is 1.66. The third-order valence-corrected chi connectivity index (χ3v) is 3.92. The van der Waals surface area contributed by atoms with Gasteiger partial charge in [-0.3, -0.25) is 9.78 Å². The molecule has 1 heterocycles. The second-order valence-corrected chi connectivity index (χ2v) is 5.71. The molecule has 0 spiro atoms. The fraction of sp³-hybridized carbons (Fsp3) is 0.667. The normalized spacial score (nSPS) is 10.7. The maximum Gasteiger partial charge on any atom is 0.255 e. The largest absolute Gasteiger partial charge is 0.336 e. The van der Waals surface area contributed by atoms with E-state index < -0.39 is 0 Å². The summed E-state index contributed by atoms with van der Waals surface area (Å²) in [6, 6.07) is 0. The molecule has 5 heteroatoms. The number of aryl methyl sites for hydroxylation is 1. The van der Waals surface area contributed by atoms with Gasteiger partial charge in [0, 0.05) is 11.3 Å². The molecule has 0 radical (unpaired) electrons. The van der Waals surface area contributed by atoms with Gasteiger partial charge in [0.1, 0.15) is 0 Å². The Bertz CT molecular complexity index is 451. The zero-order valence-corrected chi connectivity index (χ0v) is 12.1. The maximum absolute atomic E-state index is 11.7. The van der Waals surface area contributed by atoms with Gasteiger partial charge in [0.25, 0.3) is 5.56 Å². The Balaban J connectivity index is 2.42. The lowest BCUT2D eigenvalue weighted by atomic mass is 10.2. The highest BCUT2D eigenvalue weighted by Gasteiger charge is 2.04. The monoisotopic (exact) mass is 272 g/mol. The summed E-state index contributed by atoms with van der Waals surface area (Å²) in [6.45, 7) is 4.11. The first-order chi connectivity index (χ1) is 8.15. The molecule has 2 N–H and O–H groups in total. The quantitative estimate of drug-likeness (QED) is 0.592. The molecule has 0 saturated carbocycles. The highest BCUT2D eigenvalue weighted by Crippen LogP contribution is 2.09. The lowest BCUT2D eigenvalue weighted by Crippen LogP contribution is -2.17. The number of H-pyrrole nitrogens is 2. The molecule has 1 aromatic heterocycles. The molecule has 1 rings (SSSR count). The summed E-state index contributed by atoms with van der Waals surface area (Å²) in [5.41, 5.74) is 1.69. The van der Waals surface area contributed by atoms with Crippen molar-refractivity contribution in [3.05, 3.63) is 26.4 Å². The molecule has 17 heavy (non-hydrogen) atoms. The molecular formula is C12H20N2OS2. The highest BCUT2D eigenvalue weighted by atomic mass is 32.2. The van der Waals surface area contributed by atoms with Crippen LogP contribution in [0.1, 0.15) is 37.4 Å². The summed E-state index contributed by atoms with van der Waals surface area (Å²) in [5.74, 6) is 2.19. The number of unbranched alkanes of at least 4 members (excludes halogenated alkanes) is 2. The number of thioether (sulfide) groups is 1. The summed E-state index contributed by atoms with van der Waals surface area (Å²) < 4.78 is 0.409. The Hall–Kier alpha value is -0.550. The van der Waals surface area contributed by atoms with E-state index in [4.69, 9.17) is 12.2 Å². The van der Waals surface area contributed by atoms with Gasteiger partial charge < -0.3 is 4.98 Å². The zero-order chi connectivity index (χ0) is 12.7. The van der Waals surface area contributed by atoms with Gasteiger partial charge in [0.2, 0.25) is 0 Å². The van der Waals surface area contributed by atoms with Gasteiger partial charge in [-0.1, -0.05) is 19.8 Å². The second kappa shape index (κ2) is 7.71. The van der Waals surface area contributed by atoms with Crippen molar-refractivity contribution >= 4 is 24.0 Å². The Kier molecular flexibility index (Phi) is 6.58. The first-order valence-corrected chi connectivity index (χ1v) is 7.61. The van der Waals surface area contributed by atoms with Crippen LogP contribution in [0.4, 0.5) is 0 Å². The molecule has 0 aliphatic carbocycles. The molecule has 0 aliphatic rings. The molecule has 96 valence electrons. The summed E-state index contributed by atoms with van der Waals surface area (Å²) in [6.07, 6.45) is 4.64. The smallest absolute Gasteiger partial charge is 0.255 e. The van der Waals surface area contributed by atoms with Crippen LogP contribution in [0.15, 0.2) is 4.79 Å². The Labute approximate surface area is 111 Å². The van der Waals surface area contributed by atoms with Crippen molar-refractivity contribution in [2.24, 2.45) is 0 Å². The third-order valence-electron chi connectivity index (χ3n) is 2.64. The minimum absolute atomic E-state index is 0.0413. The summed E-state index contributed by atoms with van der Waals surface area (Å²) in [5, 5.41) is 0. The van der Waals surface area contributed by atoms with Crippen molar-refractivity contribution in [3.63, 3.8) is 0 Å². The number of aromatic amines is 2. The van der Waals surface area contributed by atoms with E-state index in [1.165, 1.54) is 25.0 Å². The predicted octanol–water partition coefficient (Wildman–Crippen LogP) is 3.21. The third kappa shape index (κ3) is 5.08. The van der Waals surface area contributed by atoms with Gasteiger partial charge in [-0.2, -0.15) is 11.8 Å². The Morgan fingerprint density at radius 3 is 2.65 bits per heavy atom. The molecular weight excluding hydrogens is 252 g/mol. The van der Waals surface area contributed by atoms with Crippen LogP contribution in [0.5, 0.6) is 0 Å². The maximum atomic E-state index is 11.7. The molecule has 0 saturated heterocycles. The van der Waals surface area contributed by atoms with Crippen molar-refractivity contribution < 1.29 is 0 Å². The average Bonchev–Trinajstić information content (AvgIpc) is 2.26. The number of hydrogen-bond acceptors (Lipinski definition) is 3. The van der Waals surface area contributed by atoms with Gasteiger partial charge in [0.05, 0.1) is 0 Å². The molecule has 0 atom stereocenters. The van der Waals surface area contributed by atoms with Crippen LogP contribution in [0.3, 0.4) is 0 Å². The van der Waals surface area contributed by atoms with Crippen molar-refractivity contribution in [2.75, 3.05) is 11.5 Å². The molecule has 0 bridgehead atoms. The Morgan fingerprint density at radius 2 is 2.00 bits per heavy atom. The standard InChI is InChI=1S/C12H20N2OS2/c1-3-4-5-7-17-8-6-10-9(2)13-12(16)14-11(10)15/h3-8H2,1-2H3,(H2,13,14,15,16). The van der Waals surface area contributed by atoms with Gasteiger partial charge in [-0.25, -0.2) is 0 Å². The van der Waals surface area contributed by atoms with Crippen LogP contribution < -0.4 is 5.56 Å². The summed E-state index contributed by atoms with van der Waals surface area (Å²) >= 11 is 6.83. The van der Waals surface area contributed by atoms with E-state index in [0.29, 0.717) is 4.77 Å². The number of aromatic nitrogens is 2. The van der Waals surface area contributed by atoms with Crippen LogP contribution in [0.2, 0.25) is 0 Å². The fourth-order valence-corrected chi connectivity index (χ4v) is 2.86. The second-order valence-electron chi connectivity index (χ2n) is 4.08. The van der Waals surface area contributed by atoms with E-state index in [1.54, 1.807) is 0 Å². The lowest BCUT2D eigenvalue weighted by Gasteiger charge is -2.04. The van der Waals surface area contributed by atoms with Crippen molar-refractivity contribution in [3.8, 4) is 0 Å². The molecule has 3 nitrogen and oxygen atoms in total. The minimum atomic E-state index is -0.0413. The van der Waals surface area contributed by atoms with Crippen molar-refractivity contribution in [1.29, 1.82) is 0 Å². The summed E-state index contributed by atoms with van der Waals surface area (Å²) in [7, 11) is 0. The van der Waals surface area contributed by atoms with Crippen molar-refractivity contribution in [2.45, 2.75) is 39.5 Å². The molecule has 1 aromatic rings. The SMILES string of the molecule is CCCCCSCCc1c(C)[nH]c(=S)[nH]c1=O. The summed E-state index contributed by atoms with van der Waals surface area (Å²) in [4.78, 5) is 17.3. The highest BCUT2D eigenvalue weighted by molar-refractivity contribution is 7.99. The molecule has 0 fully saturated rings.